The summed E-state index contributed by atoms with van der Waals surface area (Å²) in [5.74, 6) is 0.892. The standard InChI is InChI=1S/C32H31BrN2O5/c1-3-5-20-38-25-17-12-24(13-18-25)32(37)39-26-15-10-22(11-16-26)21-34-35-31(36)28(4-2)40-29-19-14-23-8-6-7-9-27(23)30(29)33/h6-19,21,28H,3-5,20H2,1-2H3,(H,35,36)/b34-21-/t28-/m1/s1. The highest BCUT2D eigenvalue weighted by atomic mass is 79.9. The molecule has 0 aliphatic rings. The van der Waals surface area contributed by atoms with E-state index in [1.165, 1.54) is 6.21 Å². The smallest absolute Gasteiger partial charge is 0.343 e. The van der Waals surface area contributed by atoms with Gasteiger partial charge in [-0.1, -0.05) is 50.6 Å². The van der Waals surface area contributed by atoms with Crippen molar-refractivity contribution in [3.8, 4) is 17.2 Å². The fourth-order valence-electron chi connectivity index (χ4n) is 3.83. The maximum atomic E-state index is 12.7. The van der Waals surface area contributed by atoms with Crippen molar-refractivity contribution in [1.82, 2.24) is 5.43 Å². The van der Waals surface area contributed by atoms with Crippen molar-refractivity contribution >= 4 is 44.8 Å². The van der Waals surface area contributed by atoms with Crippen LogP contribution in [0.25, 0.3) is 10.8 Å². The van der Waals surface area contributed by atoms with Gasteiger partial charge < -0.3 is 14.2 Å². The molecule has 7 nitrogen and oxygen atoms in total. The minimum atomic E-state index is -0.714. The highest BCUT2D eigenvalue weighted by Crippen LogP contribution is 2.33. The number of esters is 1. The molecule has 0 spiro atoms. The molecule has 0 saturated heterocycles. The van der Waals surface area contributed by atoms with Crippen molar-refractivity contribution in [2.75, 3.05) is 6.61 Å². The van der Waals surface area contributed by atoms with E-state index in [2.05, 4.69) is 33.4 Å². The summed E-state index contributed by atoms with van der Waals surface area (Å²) in [5, 5.41) is 6.14. The number of ether oxygens (including phenoxy) is 3. The first kappa shape index (κ1) is 28.8. The molecule has 1 amide bonds. The number of nitrogens with one attached hydrogen (secondary N) is 1. The number of carbonyl (C=O) groups is 2. The van der Waals surface area contributed by atoms with Gasteiger partial charge in [0.2, 0.25) is 0 Å². The van der Waals surface area contributed by atoms with Crippen molar-refractivity contribution in [1.29, 1.82) is 0 Å². The molecule has 206 valence electrons. The summed E-state index contributed by atoms with van der Waals surface area (Å²) in [6.07, 6.45) is 3.31. The summed E-state index contributed by atoms with van der Waals surface area (Å²) in [6.45, 7) is 4.62. The second kappa shape index (κ2) is 14.3. The number of hydrogen-bond acceptors (Lipinski definition) is 6. The quantitative estimate of drug-likeness (QED) is 0.0604. The van der Waals surface area contributed by atoms with Crippen LogP contribution in [0.3, 0.4) is 0 Å². The number of hydrogen-bond donors (Lipinski definition) is 1. The Labute approximate surface area is 242 Å². The molecular weight excluding hydrogens is 572 g/mol. The summed E-state index contributed by atoms with van der Waals surface area (Å²) < 4.78 is 17.9. The molecule has 0 aliphatic carbocycles. The number of fused-ring (bicyclic) bond motifs is 1. The first-order valence-corrected chi connectivity index (χ1v) is 14.0. The van der Waals surface area contributed by atoms with Gasteiger partial charge >= 0.3 is 5.97 Å². The van der Waals surface area contributed by atoms with Crippen molar-refractivity contribution in [3.05, 3.63) is 101 Å². The van der Waals surface area contributed by atoms with E-state index in [-0.39, 0.29) is 5.91 Å². The molecule has 4 aromatic rings. The fourth-order valence-corrected chi connectivity index (χ4v) is 4.42. The average molecular weight is 604 g/mol. The first-order valence-electron chi connectivity index (χ1n) is 13.2. The molecule has 1 N–H and O–H groups in total. The highest BCUT2D eigenvalue weighted by Gasteiger charge is 2.20. The van der Waals surface area contributed by atoms with Gasteiger partial charge in [-0.05, 0) is 99.7 Å². The lowest BCUT2D eigenvalue weighted by atomic mass is 10.1. The molecule has 0 bridgehead atoms. The molecule has 0 heterocycles. The van der Waals surface area contributed by atoms with Crippen molar-refractivity contribution in [3.63, 3.8) is 0 Å². The predicted octanol–water partition coefficient (Wildman–Crippen LogP) is 7.31. The first-order chi connectivity index (χ1) is 19.5. The van der Waals surface area contributed by atoms with Crippen LogP contribution in [-0.2, 0) is 4.79 Å². The Kier molecular flexibility index (Phi) is 10.3. The van der Waals surface area contributed by atoms with Crippen molar-refractivity contribution < 1.29 is 23.8 Å². The van der Waals surface area contributed by atoms with Crippen LogP contribution >= 0.6 is 15.9 Å². The van der Waals surface area contributed by atoms with Crippen molar-refractivity contribution in [2.45, 2.75) is 39.2 Å². The number of unbranched alkanes of at least 4 members (excludes halogenated alkanes) is 1. The molecule has 1 atom stereocenters. The van der Waals surface area contributed by atoms with Gasteiger partial charge in [-0.25, -0.2) is 10.2 Å². The zero-order valence-corrected chi connectivity index (χ0v) is 24.0. The summed E-state index contributed by atoms with van der Waals surface area (Å²) >= 11 is 3.60. The third-order valence-corrected chi connectivity index (χ3v) is 6.91. The molecule has 0 saturated carbocycles. The van der Waals surface area contributed by atoms with Crippen LogP contribution in [0.4, 0.5) is 0 Å². The third-order valence-electron chi connectivity index (χ3n) is 6.10. The van der Waals surface area contributed by atoms with Gasteiger partial charge in [0.05, 0.1) is 22.9 Å². The lowest BCUT2D eigenvalue weighted by Gasteiger charge is -2.17. The number of carbonyl (C=O) groups excluding carboxylic acids is 2. The van der Waals surface area contributed by atoms with Crippen molar-refractivity contribution in [2.24, 2.45) is 5.10 Å². The molecule has 4 aromatic carbocycles. The number of rotatable bonds is 12. The number of benzene rings is 4. The second-order valence-corrected chi connectivity index (χ2v) is 9.83. The van der Waals surface area contributed by atoms with Crippen LogP contribution in [0.5, 0.6) is 17.2 Å². The van der Waals surface area contributed by atoms with E-state index >= 15 is 0 Å². The largest absolute Gasteiger partial charge is 0.494 e. The van der Waals surface area contributed by atoms with E-state index in [1.807, 2.05) is 43.3 Å². The SMILES string of the molecule is CCCCOc1ccc(C(=O)Oc2ccc(/C=N\NC(=O)[C@@H](CC)Oc3ccc4ccccc4c3Br)cc2)cc1. The van der Waals surface area contributed by atoms with Crippen LogP contribution in [0.1, 0.15) is 49.0 Å². The van der Waals surface area contributed by atoms with Crippen LogP contribution < -0.4 is 19.6 Å². The summed E-state index contributed by atoms with van der Waals surface area (Å²) in [7, 11) is 0. The summed E-state index contributed by atoms with van der Waals surface area (Å²) in [5.41, 5.74) is 3.69. The van der Waals surface area contributed by atoms with Crippen LogP contribution in [0.2, 0.25) is 0 Å². The van der Waals surface area contributed by atoms with E-state index in [0.29, 0.717) is 30.1 Å². The Morgan fingerprint density at radius 1 is 0.925 bits per heavy atom. The predicted molar refractivity (Wildman–Crippen MR) is 160 cm³/mol. The number of hydrazone groups is 1. The Morgan fingerprint density at radius 2 is 1.65 bits per heavy atom. The normalized spacial score (nSPS) is 11.8. The molecule has 0 aliphatic heterocycles. The summed E-state index contributed by atoms with van der Waals surface area (Å²) in [4.78, 5) is 25.2. The van der Waals surface area contributed by atoms with E-state index in [1.54, 1.807) is 48.5 Å². The van der Waals surface area contributed by atoms with Gasteiger partial charge in [0.15, 0.2) is 6.10 Å². The fraction of sp³-hybridized carbons (Fsp3) is 0.219. The Hall–Kier alpha value is -4.17. The number of halogens is 1. The molecule has 0 unspecified atom stereocenters. The molecule has 4 rings (SSSR count). The van der Waals surface area contributed by atoms with E-state index < -0.39 is 12.1 Å². The lowest BCUT2D eigenvalue weighted by molar-refractivity contribution is -0.128. The topological polar surface area (TPSA) is 86.2 Å². The molecular formula is C32H31BrN2O5. The average Bonchev–Trinajstić information content (AvgIpc) is 2.98. The Morgan fingerprint density at radius 3 is 2.38 bits per heavy atom. The second-order valence-electron chi connectivity index (χ2n) is 9.03. The monoisotopic (exact) mass is 602 g/mol. The number of nitrogens with zero attached hydrogens (tertiary/aromatic N) is 1. The molecule has 40 heavy (non-hydrogen) atoms. The Bertz CT molecular complexity index is 1470. The zero-order chi connectivity index (χ0) is 28.3. The van der Waals surface area contributed by atoms with Crippen LogP contribution in [0, 0.1) is 0 Å². The third kappa shape index (κ3) is 7.70. The molecule has 0 radical (unpaired) electrons. The van der Waals surface area contributed by atoms with Gasteiger partial charge in [0, 0.05) is 0 Å². The minimum absolute atomic E-state index is 0.355. The van der Waals surface area contributed by atoms with E-state index in [4.69, 9.17) is 14.2 Å². The van der Waals surface area contributed by atoms with Gasteiger partial charge in [0.25, 0.3) is 5.91 Å². The van der Waals surface area contributed by atoms with Gasteiger partial charge in [-0.2, -0.15) is 5.10 Å². The Balaban J connectivity index is 1.29. The van der Waals surface area contributed by atoms with Gasteiger partial charge in [-0.15, -0.1) is 0 Å². The van der Waals surface area contributed by atoms with Crippen LogP contribution in [-0.4, -0.2) is 30.8 Å². The number of amides is 1. The van der Waals surface area contributed by atoms with E-state index in [9.17, 15) is 9.59 Å². The lowest BCUT2D eigenvalue weighted by Crippen LogP contribution is -2.35. The summed E-state index contributed by atoms with van der Waals surface area (Å²) in [6, 6.07) is 25.4. The zero-order valence-electron chi connectivity index (χ0n) is 22.4. The molecule has 0 aromatic heterocycles. The maximum Gasteiger partial charge on any atom is 0.343 e. The van der Waals surface area contributed by atoms with E-state index in [0.717, 1.165) is 39.4 Å². The maximum absolute atomic E-state index is 12.7. The van der Waals surface area contributed by atoms with Crippen LogP contribution in [0.15, 0.2) is 94.5 Å². The molecule has 8 heteroatoms. The van der Waals surface area contributed by atoms with Gasteiger partial charge in [0.1, 0.15) is 17.2 Å². The highest BCUT2D eigenvalue weighted by molar-refractivity contribution is 9.10. The minimum Gasteiger partial charge on any atom is -0.494 e. The van der Waals surface area contributed by atoms with Gasteiger partial charge in [-0.3, -0.25) is 4.79 Å². The molecule has 0 fully saturated rings.